The van der Waals surface area contributed by atoms with Gasteiger partial charge in [-0.25, -0.2) is 9.97 Å². The molecule has 0 aliphatic carbocycles. The van der Waals surface area contributed by atoms with Gasteiger partial charge in [0.15, 0.2) is 5.82 Å². The summed E-state index contributed by atoms with van der Waals surface area (Å²) >= 11 is 0. The van der Waals surface area contributed by atoms with Crippen molar-refractivity contribution in [2.24, 2.45) is 0 Å². The lowest BCUT2D eigenvalue weighted by Crippen LogP contribution is -2.13. The number of hydrogen-bond acceptors (Lipinski definition) is 4. The Hall–Kier alpha value is -1.81. The highest BCUT2D eigenvalue weighted by molar-refractivity contribution is 5.58. The number of rotatable bonds is 4. The standard InChI is InChI=1S/C14H18N4/c1-4-15-9-12-7-11(3)17-14(18-12)13-5-6-16-8-10(13)2/h5-8,15H,4,9H2,1-3H3. The van der Waals surface area contributed by atoms with Gasteiger partial charge in [-0.1, -0.05) is 6.92 Å². The van der Waals surface area contributed by atoms with Crippen LogP contribution >= 0.6 is 0 Å². The fraction of sp³-hybridized carbons (Fsp3) is 0.357. The Bertz CT molecular complexity index is 537. The average molecular weight is 242 g/mol. The third kappa shape index (κ3) is 2.90. The lowest BCUT2D eigenvalue weighted by molar-refractivity contribution is 0.708. The Kier molecular flexibility index (Phi) is 3.99. The number of aryl methyl sites for hydroxylation is 2. The van der Waals surface area contributed by atoms with Gasteiger partial charge in [0.05, 0.1) is 5.69 Å². The van der Waals surface area contributed by atoms with Gasteiger partial charge in [0, 0.05) is 30.2 Å². The van der Waals surface area contributed by atoms with Crippen molar-refractivity contribution in [2.45, 2.75) is 27.3 Å². The monoisotopic (exact) mass is 242 g/mol. The van der Waals surface area contributed by atoms with Crippen LogP contribution in [0.2, 0.25) is 0 Å². The molecule has 4 heteroatoms. The maximum atomic E-state index is 4.60. The first-order valence-electron chi connectivity index (χ1n) is 6.17. The van der Waals surface area contributed by atoms with E-state index in [-0.39, 0.29) is 0 Å². The molecular formula is C14H18N4. The summed E-state index contributed by atoms with van der Waals surface area (Å²) in [7, 11) is 0. The summed E-state index contributed by atoms with van der Waals surface area (Å²) in [5.41, 5.74) is 4.16. The minimum Gasteiger partial charge on any atom is -0.311 e. The van der Waals surface area contributed by atoms with E-state index in [2.05, 4.69) is 27.2 Å². The SMILES string of the molecule is CCNCc1cc(C)nc(-c2ccncc2C)n1. The van der Waals surface area contributed by atoms with Crippen molar-refractivity contribution in [3.05, 3.63) is 41.5 Å². The molecule has 0 fully saturated rings. The van der Waals surface area contributed by atoms with Crippen LogP contribution in [0.25, 0.3) is 11.4 Å². The predicted molar refractivity (Wildman–Crippen MR) is 72.1 cm³/mol. The highest BCUT2D eigenvalue weighted by Gasteiger charge is 2.07. The highest BCUT2D eigenvalue weighted by Crippen LogP contribution is 2.19. The minimum absolute atomic E-state index is 0.775. The Morgan fingerprint density at radius 1 is 1.22 bits per heavy atom. The van der Waals surface area contributed by atoms with Crippen molar-refractivity contribution in [1.29, 1.82) is 0 Å². The van der Waals surface area contributed by atoms with E-state index in [1.165, 1.54) is 0 Å². The van der Waals surface area contributed by atoms with Crippen LogP contribution in [0.3, 0.4) is 0 Å². The van der Waals surface area contributed by atoms with Crippen LogP contribution in [-0.2, 0) is 6.54 Å². The molecule has 0 amide bonds. The quantitative estimate of drug-likeness (QED) is 0.893. The molecule has 0 saturated heterocycles. The summed E-state index contributed by atoms with van der Waals surface area (Å²) in [5.74, 6) is 0.780. The van der Waals surface area contributed by atoms with Crippen LogP contribution in [0.1, 0.15) is 23.9 Å². The van der Waals surface area contributed by atoms with Crippen LogP contribution in [0, 0.1) is 13.8 Å². The summed E-state index contributed by atoms with van der Waals surface area (Å²) in [5, 5.41) is 3.28. The molecule has 0 aromatic carbocycles. The molecule has 0 unspecified atom stereocenters. The second-order valence-corrected chi connectivity index (χ2v) is 4.30. The topological polar surface area (TPSA) is 50.7 Å². The lowest BCUT2D eigenvalue weighted by Gasteiger charge is -2.08. The molecule has 2 aromatic heterocycles. The molecule has 2 aromatic rings. The maximum absolute atomic E-state index is 4.60. The van der Waals surface area contributed by atoms with Gasteiger partial charge in [-0.05, 0) is 38.1 Å². The zero-order valence-electron chi connectivity index (χ0n) is 11.1. The number of nitrogens with zero attached hydrogens (tertiary/aromatic N) is 3. The van der Waals surface area contributed by atoms with Crippen molar-refractivity contribution in [2.75, 3.05) is 6.54 Å². The van der Waals surface area contributed by atoms with Crippen molar-refractivity contribution >= 4 is 0 Å². The first-order valence-corrected chi connectivity index (χ1v) is 6.17. The number of hydrogen-bond donors (Lipinski definition) is 1. The number of pyridine rings is 1. The van der Waals surface area contributed by atoms with E-state index in [1.807, 2.05) is 32.2 Å². The summed E-state index contributed by atoms with van der Waals surface area (Å²) in [4.78, 5) is 13.2. The molecule has 2 rings (SSSR count). The number of aromatic nitrogens is 3. The molecule has 0 radical (unpaired) electrons. The van der Waals surface area contributed by atoms with Gasteiger partial charge in [0.25, 0.3) is 0 Å². The summed E-state index contributed by atoms with van der Waals surface area (Å²) < 4.78 is 0. The van der Waals surface area contributed by atoms with Gasteiger partial charge < -0.3 is 5.32 Å². The van der Waals surface area contributed by atoms with Crippen LogP contribution in [0.4, 0.5) is 0 Å². The molecule has 0 bridgehead atoms. The van der Waals surface area contributed by atoms with E-state index in [9.17, 15) is 0 Å². The fourth-order valence-corrected chi connectivity index (χ4v) is 1.82. The van der Waals surface area contributed by atoms with E-state index in [0.717, 1.165) is 41.4 Å². The second kappa shape index (κ2) is 5.69. The third-order valence-corrected chi connectivity index (χ3v) is 2.72. The smallest absolute Gasteiger partial charge is 0.160 e. The third-order valence-electron chi connectivity index (χ3n) is 2.72. The van der Waals surface area contributed by atoms with Crippen molar-refractivity contribution in [3.8, 4) is 11.4 Å². The van der Waals surface area contributed by atoms with Gasteiger partial charge in [-0.2, -0.15) is 0 Å². The largest absolute Gasteiger partial charge is 0.311 e. The normalized spacial score (nSPS) is 10.6. The molecule has 1 N–H and O–H groups in total. The van der Waals surface area contributed by atoms with E-state index < -0.39 is 0 Å². The highest BCUT2D eigenvalue weighted by atomic mass is 14.9. The molecule has 0 spiro atoms. The number of nitrogens with one attached hydrogen (secondary N) is 1. The Morgan fingerprint density at radius 3 is 2.78 bits per heavy atom. The molecular weight excluding hydrogens is 224 g/mol. The fourth-order valence-electron chi connectivity index (χ4n) is 1.82. The summed E-state index contributed by atoms with van der Waals surface area (Å²) in [6, 6.07) is 3.98. The molecule has 0 aliphatic rings. The van der Waals surface area contributed by atoms with E-state index >= 15 is 0 Å². The first kappa shape index (κ1) is 12.6. The predicted octanol–water partition coefficient (Wildman–Crippen LogP) is 2.26. The summed E-state index contributed by atoms with van der Waals surface area (Å²) in [6.45, 7) is 7.82. The minimum atomic E-state index is 0.775. The van der Waals surface area contributed by atoms with E-state index in [0.29, 0.717) is 0 Å². The lowest BCUT2D eigenvalue weighted by atomic mass is 10.1. The Morgan fingerprint density at radius 2 is 2.06 bits per heavy atom. The first-order chi connectivity index (χ1) is 8.70. The Labute approximate surface area is 108 Å². The Balaban J connectivity index is 2.39. The zero-order valence-corrected chi connectivity index (χ0v) is 11.1. The molecule has 0 aliphatic heterocycles. The zero-order chi connectivity index (χ0) is 13.0. The van der Waals surface area contributed by atoms with Gasteiger partial charge in [-0.3, -0.25) is 4.98 Å². The van der Waals surface area contributed by atoms with Crippen LogP contribution in [-0.4, -0.2) is 21.5 Å². The van der Waals surface area contributed by atoms with Crippen molar-refractivity contribution in [3.63, 3.8) is 0 Å². The van der Waals surface area contributed by atoms with Gasteiger partial charge in [-0.15, -0.1) is 0 Å². The van der Waals surface area contributed by atoms with Crippen LogP contribution in [0.15, 0.2) is 24.5 Å². The van der Waals surface area contributed by atoms with Crippen molar-refractivity contribution in [1.82, 2.24) is 20.3 Å². The molecule has 94 valence electrons. The van der Waals surface area contributed by atoms with Crippen LogP contribution in [0.5, 0.6) is 0 Å². The van der Waals surface area contributed by atoms with Gasteiger partial charge >= 0.3 is 0 Å². The molecule has 0 saturated carbocycles. The van der Waals surface area contributed by atoms with Crippen LogP contribution < -0.4 is 5.32 Å². The summed E-state index contributed by atoms with van der Waals surface area (Å²) in [6.07, 6.45) is 3.61. The van der Waals surface area contributed by atoms with Gasteiger partial charge in [0.1, 0.15) is 0 Å². The molecule has 0 atom stereocenters. The molecule has 2 heterocycles. The molecule has 18 heavy (non-hydrogen) atoms. The van der Waals surface area contributed by atoms with Crippen molar-refractivity contribution < 1.29 is 0 Å². The van der Waals surface area contributed by atoms with E-state index in [1.54, 1.807) is 6.20 Å². The maximum Gasteiger partial charge on any atom is 0.160 e. The average Bonchev–Trinajstić information content (AvgIpc) is 2.36. The second-order valence-electron chi connectivity index (χ2n) is 4.30. The molecule has 4 nitrogen and oxygen atoms in total. The van der Waals surface area contributed by atoms with E-state index in [4.69, 9.17) is 0 Å². The van der Waals surface area contributed by atoms with Gasteiger partial charge in [0.2, 0.25) is 0 Å².